The van der Waals surface area contributed by atoms with E-state index in [0.717, 1.165) is 25.7 Å². The lowest BCUT2D eigenvalue weighted by molar-refractivity contribution is 0.405. The van der Waals surface area contributed by atoms with Crippen LogP contribution in [0.2, 0.25) is 0 Å². The standard InChI is InChI=1S/C22H24FN7O/c1-28-10-16-17(27-28)6-5-14(19(16)23)15-9-25-20-18(15)21(31)29(2)22(26-20)30-12-3-4-13(30)8-11(24)7-12/h5-6,9-13,25H,3-4,7-8,24H2,1-2H3. The fraction of sp³-hybridized carbons (Fsp3) is 0.409. The lowest BCUT2D eigenvalue weighted by atomic mass is 9.98. The number of H-pyrrole nitrogens is 1. The molecule has 0 radical (unpaired) electrons. The van der Waals surface area contributed by atoms with Crippen LogP contribution in [-0.4, -0.2) is 42.4 Å². The van der Waals surface area contributed by atoms with Gasteiger partial charge >= 0.3 is 0 Å². The first kappa shape index (κ1) is 18.6. The third-order valence-corrected chi connectivity index (χ3v) is 6.92. The Morgan fingerprint density at radius 1 is 1.16 bits per heavy atom. The molecule has 4 aromatic rings. The van der Waals surface area contributed by atoms with Crippen LogP contribution in [0.15, 0.2) is 29.3 Å². The summed E-state index contributed by atoms with van der Waals surface area (Å²) in [6, 6.07) is 4.27. The number of aryl methyl sites for hydroxylation is 1. The fourth-order valence-corrected chi connectivity index (χ4v) is 5.53. The van der Waals surface area contributed by atoms with Gasteiger partial charge in [-0.05, 0) is 37.8 Å². The molecule has 2 saturated heterocycles. The normalized spacial score (nSPS) is 23.4. The van der Waals surface area contributed by atoms with E-state index in [1.54, 1.807) is 47.9 Å². The zero-order valence-electron chi connectivity index (χ0n) is 17.5. The van der Waals surface area contributed by atoms with Crippen LogP contribution in [0.3, 0.4) is 0 Å². The van der Waals surface area contributed by atoms with Gasteiger partial charge in [0.1, 0.15) is 11.5 Å². The van der Waals surface area contributed by atoms with Gasteiger partial charge in [0, 0.05) is 55.7 Å². The Balaban J connectivity index is 1.52. The second-order valence-electron chi connectivity index (χ2n) is 8.89. The zero-order chi connectivity index (χ0) is 21.4. The molecule has 2 aliphatic rings. The molecule has 9 heteroatoms. The lowest BCUT2D eigenvalue weighted by Crippen LogP contribution is -2.49. The first-order chi connectivity index (χ1) is 14.9. The van der Waals surface area contributed by atoms with Crippen molar-refractivity contribution in [3.05, 3.63) is 40.7 Å². The van der Waals surface area contributed by atoms with Crippen molar-refractivity contribution in [3.8, 4) is 11.1 Å². The average Bonchev–Trinajstić information content (AvgIpc) is 3.39. The number of aromatic amines is 1. The van der Waals surface area contributed by atoms with Crippen LogP contribution < -0.4 is 16.2 Å². The molecule has 0 saturated carbocycles. The number of benzene rings is 1. The fourth-order valence-electron chi connectivity index (χ4n) is 5.53. The number of halogens is 1. The maximum Gasteiger partial charge on any atom is 0.264 e. The Morgan fingerprint density at radius 2 is 1.90 bits per heavy atom. The molecular weight excluding hydrogens is 397 g/mol. The second kappa shape index (κ2) is 6.40. The number of hydrogen-bond donors (Lipinski definition) is 2. The van der Waals surface area contributed by atoms with Gasteiger partial charge in [-0.2, -0.15) is 10.1 Å². The van der Waals surface area contributed by atoms with E-state index < -0.39 is 0 Å². The van der Waals surface area contributed by atoms with Crippen LogP contribution in [0, 0.1) is 5.82 Å². The number of nitrogens with one attached hydrogen (secondary N) is 1. The summed E-state index contributed by atoms with van der Waals surface area (Å²) in [5, 5.41) is 5.08. The van der Waals surface area contributed by atoms with Crippen molar-refractivity contribution in [1.29, 1.82) is 0 Å². The maximum absolute atomic E-state index is 15.3. The van der Waals surface area contributed by atoms with Gasteiger partial charge in [0.05, 0.1) is 16.3 Å². The van der Waals surface area contributed by atoms with Gasteiger partial charge in [-0.25, -0.2) is 4.39 Å². The van der Waals surface area contributed by atoms with Crippen molar-refractivity contribution in [2.45, 2.75) is 43.8 Å². The van der Waals surface area contributed by atoms with Gasteiger partial charge in [0.25, 0.3) is 5.56 Å². The van der Waals surface area contributed by atoms with Gasteiger partial charge in [0.15, 0.2) is 0 Å². The monoisotopic (exact) mass is 421 g/mol. The molecule has 0 aliphatic carbocycles. The van der Waals surface area contributed by atoms with Gasteiger partial charge in [-0.15, -0.1) is 0 Å². The van der Waals surface area contributed by atoms with E-state index in [9.17, 15) is 4.79 Å². The Kier molecular flexibility index (Phi) is 3.83. The molecule has 2 atom stereocenters. The largest absolute Gasteiger partial charge is 0.345 e. The first-order valence-corrected chi connectivity index (χ1v) is 10.7. The van der Waals surface area contributed by atoms with Crippen LogP contribution in [0.25, 0.3) is 33.1 Å². The van der Waals surface area contributed by atoms with Crippen LogP contribution in [-0.2, 0) is 14.1 Å². The van der Waals surface area contributed by atoms with E-state index in [1.165, 1.54) is 0 Å². The molecule has 8 nitrogen and oxygen atoms in total. The third-order valence-electron chi connectivity index (χ3n) is 6.92. The molecule has 3 aromatic heterocycles. The molecule has 6 rings (SSSR count). The number of nitrogens with two attached hydrogens (primary N) is 1. The van der Waals surface area contributed by atoms with Crippen LogP contribution in [0.5, 0.6) is 0 Å². The molecule has 0 amide bonds. The predicted octanol–water partition coefficient (Wildman–Crippen LogP) is 2.41. The molecular formula is C22H24FN7O. The van der Waals surface area contributed by atoms with E-state index in [-0.39, 0.29) is 17.4 Å². The lowest BCUT2D eigenvalue weighted by Gasteiger charge is -2.38. The summed E-state index contributed by atoms with van der Waals surface area (Å²) in [5.41, 5.74) is 7.97. The summed E-state index contributed by atoms with van der Waals surface area (Å²) in [7, 11) is 3.50. The van der Waals surface area contributed by atoms with Gasteiger partial charge < -0.3 is 15.6 Å². The van der Waals surface area contributed by atoms with Gasteiger partial charge in [-0.3, -0.25) is 14.0 Å². The highest BCUT2D eigenvalue weighted by molar-refractivity contribution is 5.96. The Bertz CT molecular complexity index is 1390. The Hall–Kier alpha value is -3.20. The van der Waals surface area contributed by atoms with Crippen LogP contribution in [0.4, 0.5) is 10.3 Å². The number of anilines is 1. The van der Waals surface area contributed by atoms with Crippen molar-refractivity contribution < 1.29 is 4.39 Å². The number of rotatable bonds is 2. The highest BCUT2D eigenvalue weighted by Gasteiger charge is 2.41. The maximum atomic E-state index is 15.3. The number of hydrogen-bond acceptors (Lipinski definition) is 5. The average molecular weight is 421 g/mol. The molecule has 5 heterocycles. The van der Waals surface area contributed by atoms with E-state index in [1.807, 2.05) is 0 Å². The van der Waals surface area contributed by atoms with Crippen molar-refractivity contribution >= 4 is 27.9 Å². The number of aromatic nitrogens is 5. The molecule has 2 bridgehead atoms. The van der Waals surface area contributed by atoms with Gasteiger partial charge in [-0.1, -0.05) is 0 Å². The first-order valence-electron chi connectivity index (χ1n) is 10.7. The van der Waals surface area contributed by atoms with Crippen molar-refractivity contribution in [1.82, 2.24) is 24.3 Å². The SMILES string of the molecule is Cn1cc2c(F)c(-c3c[nH]c4nc(N5C6CCC5CC(N)C6)n(C)c(=O)c34)ccc2n1. The molecule has 1 aromatic carbocycles. The van der Waals surface area contributed by atoms with Gasteiger partial charge in [0.2, 0.25) is 5.95 Å². The summed E-state index contributed by atoms with van der Waals surface area (Å²) in [6.07, 6.45) is 7.28. The number of piperidine rings is 1. The highest BCUT2D eigenvalue weighted by Crippen LogP contribution is 2.38. The predicted molar refractivity (Wildman–Crippen MR) is 117 cm³/mol. The summed E-state index contributed by atoms with van der Waals surface area (Å²) in [6.45, 7) is 0. The third kappa shape index (κ3) is 2.59. The smallest absolute Gasteiger partial charge is 0.264 e. The summed E-state index contributed by atoms with van der Waals surface area (Å²) in [5.74, 6) is 0.272. The molecule has 31 heavy (non-hydrogen) atoms. The molecule has 160 valence electrons. The molecule has 2 aliphatic heterocycles. The summed E-state index contributed by atoms with van der Waals surface area (Å²) < 4.78 is 18.5. The van der Waals surface area contributed by atoms with Crippen molar-refractivity contribution in [3.63, 3.8) is 0 Å². The Morgan fingerprint density at radius 3 is 2.65 bits per heavy atom. The number of nitrogens with zero attached hydrogens (tertiary/aromatic N) is 5. The Labute approximate surface area is 177 Å². The quantitative estimate of drug-likeness (QED) is 0.518. The van der Waals surface area contributed by atoms with Crippen LogP contribution >= 0.6 is 0 Å². The molecule has 3 N–H and O–H groups in total. The molecule has 0 spiro atoms. The molecule has 2 unspecified atom stereocenters. The number of fused-ring (bicyclic) bond motifs is 4. The van der Waals surface area contributed by atoms with E-state index in [2.05, 4.69) is 15.0 Å². The minimum Gasteiger partial charge on any atom is -0.345 e. The minimum absolute atomic E-state index is 0.184. The zero-order valence-corrected chi connectivity index (χ0v) is 17.5. The summed E-state index contributed by atoms with van der Waals surface area (Å²) >= 11 is 0. The van der Waals surface area contributed by atoms with E-state index >= 15 is 4.39 Å². The second-order valence-corrected chi connectivity index (χ2v) is 8.89. The van der Waals surface area contributed by atoms with E-state index in [0.29, 0.717) is 51.1 Å². The van der Waals surface area contributed by atoms with Crippen molar-refractivity contribution in [2.24, 2.45) is 19.8 Å². The minimum atomic E-state index is -0.388. The topological polar surface area (TPSA) is 97.8 Å². The summed E-state index contributed by atoms with van der Waals surface area (Å²) in [4.78, 5) is 23.6. The van der Waals surface area contributed by atoms with Crippen LogP contribution in [0.1, 0.15) is 25.7 Å². The van der Waals surface area contributed by atoms with Crippen molar-refractivity contribution in [2.75, 3.05) is 4.90 Å². The van der Waals surface area contributed by atoms with E-state index in [4.69, 9.17) is 10.7 Å². The molecule has 2 fully saturated rings. The highest BCUT2D eigenvalue weighted by atomic mass is 19.1.